The minimum Gasteiger partial charge on any atom is -0.378 e. The molecule has 0 unspecified atom stereocenters. The van der Waals surface area contributed by atoms with E-state index in [1.165, 1.54) is 5.56 Å². The number of anilines is 2. The van der Waals surface area contributed by atoms with E-state index in [1.807, 2.05) is 31.2 Å². The molecule has 0 radical (unpaired) electrons. The van der Waals surface area contributed by atoms with Crippen molar-refractivity contribution in [2.75, 3.05) is 62.8 Å². The van der Waals surface area contributed by atoms with Crippen LogP contribution in [-0.4, -0.2) is 79.5 Å². The van der Waals surface area contributed by atoms with Crippen LogP contribution >= 0.6 is 0 Å². The average molecular weight is 453 g/mol. The Morgan fingerprint density at radius 1 is 1.09 bits per heavy atom. The maximum Gasteiger partial charge on any atom is 0.319 e. The van der Waals surface area contributed by atoms with Crippen molar-refractivity contribution < 1.29 is 14.3 Å². The molecule has 2 aromatic rings. The van der Waals surface area contributed by atoms with Crippen LogP contribution in [0.25, 0.3) is 11.4 Å². The summed E-state index contributed by atoms with van der Waals surface area (Å²) in [4.78, 5) is 26.8. The number of carbonyl (C=O) groups excluding carboxylic acids is 1. The van der Waals surface area contributed by atoms with Gasteiger partial charge in [0.25, 0.3) is 0 Å². The molecule has 0 bridgehead atoms. The number of hydrogen-bond donors (Lipinski definition) is 2. The van der Waals surface area contributed by atoms with Gasteiger partial charge in [-0.2, -0.15) is 0 Å². The number of fused-ring (bicyclic) bond motifs is 1. The summed E-state index contributed by atoms with van der Waals surface area (Å²) in [6, 6.07) is 8.20. The number of hydrogen-bond acceptors (Lipinski definition) is 7. The monoisotopic (exact) mass is 452 g/mol. The first-order valence-corrected chi connectivity index (χ1v) is 11.9. The highest BCUT2D eigenvalue weighted by Crippen LogP contribution is 2.37. The molecule has 1 atom stereocenters. The second kappa shape index (κ2) is 9.62. The summed E-state index contributed by atoms with van der Waals surface area (Å²) in [5, 5.41) is 5.58. The molecule has 2 saturated heterocycles. The number of morpholine rings is 1. The number of carbonyl (C=O) groups is 1. The lowest BCUT2D eigenvalue weighted by atomic mass is 9.95. The predicted molar refractivity (Wildman–Crippen MR) is 127 cm³/mol. The number of nitrogens with zero attached hydrogens (tertiary/aromatic N) is 4. The van der Waals surface area contributed by atoms with Gasteiger partial charge in [0.15, 0.2) is 5.82 Å². The van der Waals surface area contributed by atoms with E-state index in [-0.39, 0.29) is 12.1 Å². The Morgan fingerprint density at radius 3 is 2.52 bits per heavy atom. The largest absolute Gasteiger partial charge is 0.378 e. The van der Waals surface area contributed by atoms with Crippen LogP contribution in [0, 0.1) is 0 Å². The number of nitrogens with one attached hydrogen (secondary N) is 2. The minimum atomic E-state index is -0.209. The molecule has 3 aliphatic heterocycles. The number of ether oxygens (including phenoxy) is 2. The SMILES string of the molecule is CCNC(=O)Nc1ccc(-c2nc3c(c(N4CCOCC4)n2)CCN(C2COC2)[C@H]3C)cc1. The van der Waals surface area contributed by atoms with Crippen LogP contribution in [0.2, 0.25) is 0 Å². The van der Waals surface area contributed by atoms with Crippen molar-refractivity contribution in [1.82, 2.24) is 20.2 Å². The molecule has 0 aliphatic carbocycles. The van der Waals surface area contributed by atoms with Crippen molar-refractivity contribution in [2.24, 2.45) is 0 Å². The highest BCUT2D eigenvalue weighted by atomic mass is 16.5. The molecule has 33 heavy (non-hydrogen) atoms. The Morgan fingerprint density at radius 2 is 1.85 bits per heavy atom. The zero-order valence-corrected chi connectivity index (χ0v) is 19.3. The highest BCUT2D eigenvalue weighted by molar-refractivity contribution is 5.89. The van der Waals surface area contributed by atoms with Crippen molar-refractivity contribution in [1.29, 1.82) is 0 Å². The third-order valence-corrected chi connectivity index (χ3v) is 6.67. The van der Waals surface area contributed by atoms with Crippen molar-refractivity contribution in [3.05, 3.63) is 35.5 Å². The Balaban J connectivity index is 1.48. The number of amides is 2. The second-order valence-corrected chi connectivity index (χ2v) is 8.75. The maximum absolute atomic E-state index is 11.8. The van der Waals surface area contributed by atoms with Gasteiger partial charge in [0.05, 0.1) is 44.2 Å². The fourth-order valence-electron chi connectivity index (χ4n) is 4.78. The van der Waals surface area contributed by atoms with Gasteiger partial charge in [-0.3, -0.25) is 4.90 Å². The molecule has 0 saturated carbocycles. The standard InChI is InChI=1S/C24H32N6O3/c1-3-25-24(31)26-18-6-4-17(5-7-18)22-27-21-16(2)30(19-14-33-15-19)9-8-20(21)23(28-22)29-10-12-32-13-11-29/h4-7,16,19H,3,8-15H2,1-2H3,(H2,25,26,31)/t16-/m0/s1. The molecular weight excluding hydrogens is 420 g/mol. The van der Waals surface area contributed by atoms with Crippen molar-refractivity contribution in [2.45, 2.75) is 32.4 Å². The lowest BCUT2D eigenvalue weighted by Crippen LogP contribution is -2.52. The van der Waals surface area contributed by atoms with Gasteiger partial charge in [0, 0.05) is 43.0 Å². The number of rotatable bonds is 5. The Hall–Kier alpha value is -2.75. The zero-order chi connectivity index (χ0) is 22.8. The summed E-state index contributed by atoms with van der Waals surface area (Å²) in [5.74, 6) is 1.76. The lowest BCUT2D eigenvalue weighted by Gasteiger charge is -2.44. The number of benzene rings is 1. The summed E-state index contributed by atoms with van der Waals surface area (Å²) in [6.07, 6.45) is 0.943. The third kappa shape index (κ3) is 4.53. The van der Waals surface area contributed by atoms with E-state index in [1.54, 1.807) is 0 Å². The molecule has 2 amide bonds. The van der Waals surface area contributed by atoms with Crippen LogP contribution in [0.1, 0.15) is 31.1 Å². The van der Waals surface area contributed by atoms with Crippen molar-refractivity contribution in [3.8, 4) is 11.4 Å². The van der Waals surface area contributed by atoms with E-state index in [2.05, 4.69) is 27.4 Å². The first kappa shape index (κ1) is 22.1. The molecule has 2 N–H and O–H groups in total. The molecule has 176 valence electrons. The van der Waals surface area contributed by atoms with E-state index in [9.17, 15) is 4.79 Å². The highest BCUT2D eigenvalue weighted by Gasteiger charge is 2.36. The third-order valence-electron chi connectivity index (χ3n) is 6.67. The molecule has 3 aliphatic rings. The number of aromatic nitrogens is 2. The van der Waals surface area contributed by atoms with Crippen LogP contribution in [0.5, 0.6) is 0 Å². The molecule has 2 fully saturated rings. The molecule has 9 nitrogen and oxygen atoms in total. The van der Waals surface area contributed by atoms with Crippen molar-refractivity contribution >= 4 is 17.5 Å². The fourth-order valence-corrected chi connectivity index (χ4v) is 4.78. The maximum atomic E-state index is 11.8. The summed E-state index contributed by atoms with van der Waals surface area (Å²) < 4.78 is 11.0. The molecule has 1 aromatic carbocycles. The average Bonchev–Trinajstić information content (AvgIpc) is 2.80. The second-order valence-electron chi connectivity index (χ2n) is 8.75. The topological polar surface area (TPSA) is 91.9 Å². The summed E-state index contributed by atoms with van der Waals surface area (Å²) >= 11 is 0. The Labute approximate surface area is 194 Å². The van der Waals surface area contributed by atoms with Gasteiger partial charge < -0.3 is 25.0 Å². The molecule has 1 aromatic heterocycles. The van der Waals surface area contributed by atoms with Crippen molar-refractivity contribution in [3.63, 3.8) is 0 Å². The summed E-state index contributed by atoms with van der Waals surface area (Å²) in [5.41, 5.74) is 4.05. The first-order chi connectivity index (χ1) is 16.1. The molecular formula is C24H32N6O3. The smallest absolute Gasteiger partial charge is 0.319 e. The predicted octanol–water partition coefficient (Wildman–Crippen LogP) is 2.44. The van der Waals surface area contributed by atoms with Gasteiger partial charge in [-0.1, -0.05) is 0 Å². The van der Waals surface area contributed by atoms with Crippen LogP contribution in [0.3, 0.4) is 0 Å². The van der Waals surface area contributed by atoms with Crippen LogP contribution in [0.15, 0.2) is 24.3 Å². The van der Waals surface area contributed by atoms with Gasteiger partial charge in [-0.25, -0.2) is 14.8 Å². The molecule has 5 rings (SSSR count). The first-order valence-electron chi connectivity index (χ1n) is 11.9. The molecule has 4 heterocycles. The van der Waals surface area contributed by atoms with Gasteiger partial charge in [-0.05, 0) is 44.5 Å². The molecule has 0 spiro atoms. The van der Waals surface area contributed by atoms with Gasteiger partial charge in [0.2, 0.25) is 0 Å². The van der Waals surface area contributed by atoms with Crippen LogP contribution < -0.4 is 15.5 Å². The minimum absolute atomic E-state index is 0.209. The number of urea groups is 1. The van der Waals surface area contributed by atoms with Crippen LogP contribution in [0.4, 0.5) is 16.3 Å². The lowest BCUT2D eigenvalue weighted by molar-refractivity contribution is -0.0804. The van der Waals surface area contributed by atoms with Gasteiger partial charge >= 0.3 is 6.03 Å². The zero-order valence-electron chi connectivity index (χ0n) is 19.3. The Bertz CT molecular complexity index is 988. The van der Waals surface area contributed by atoms with E-state index in [4.69, 9.17) is 19.4 Å². The quantitative estimate of drug-likeness (QED) is 0.720. The van der Waals surface area contributed by atoms with Gasteiger partial charge in [-0.15, -0.1) is 0 Å². The fraction of sp³-hybridized carbons (Fsp3) is 0.542. The molecule has 9 heteroatoms. The van der Waals surface area contributed by atoms with Crippen LogP contribution in [-0.2, 0) is 15.9 Å². The normalized spacial score (nSPS) is 21.3. The Kier molecular flexibility index (Phi) is 6.43. The summed E-state index contributed by atoms with van der Waals surface area (Å²) in [7, 11) is 0. The van der Waals surface area contributed by atoms with E-state index >= 15 is 0 Å². The van der Waals surface area contributed by atoms with E-state index in [0.717, 1.165) is 81.1 Å². The van der Waals surface area contributed by atoms with Gasteiger partial charge in [0.1, 0.15) is 5.82 Å². The summed E-state index contributed by atoms with van der Waals surface area (Å²) in [6.45, 7) is 10.4. The van der Waals surface area contributed by atoms with E-state index < -0.39 is 0 Å². The van der Waals surface area contributed by atoms with E-state index in [0.29, 0.717) is 12.6 Å².